The molecule has 1 aromatic rings. The van der Waals surface area contributed by atoms with Crippen molar-refractivity contribution in [2.45, 2.75) is 6.92 Å². The number of anilines is 1. The average Bonchev–Trinajstić information content (AvgIpc) is 2.66. The van der Waals surface area contributed by atoms with Gasteiger partial charge in [-0.2, -0.15) is 5.10 Å². The maximum Gasteiger partial charge on any atom is 0.397 e. The Balaban J connectivity index is 2.73. The van der Waals surface area contributed by atoms with E-state index in [0.29, 0.717) is 0 Å². The van der Waals surface area contributed by atoms with Gasteiger partial charge in [0.15, 0.2) is 0 Å². The summed E-state index contributed by atoms with van der Waals surface area (Å²) in [6.07, 6.45) is 1.14. The zero-order chi connectivity index (χ0) is 12.1. The van der Waals surface area contributed by atoms with E-state index in [4.69, 9.17) is 5.73 Å². The lowest BCUT2D eigenvalue weighted by Crippen LogP contribution is -2.26. The van der Waals surface area contributed by atoms with Crippen LogP contribution in [0, 0.1) is 0 Å². The summed E-state index contributed by atoms with van der Waals surface area (Å²) in [6.45, 7) is 1.65. The number of nitrogens with one attached hydrogen (secondary N) is 2. The molecule has 0 saturated heterocycles. The second kappa shape index (κ2) is 4.91. The van der Waals surface area contributed by atoms with Crippen LogP contribution in [0.1, 0.15) is 17.3 Å². The first-order valence-electron chi connectivity index (χ1n) is 4.37. The summed E-state index contributed by atoms with van der Waals surface area (Å²) in [5.41, 5.74) is 4.99. The van der Waals surface area contributed by atoms with Gasteiger partial charge in [-0.1, -0.05) is 0 Å². The minimum absolute atomic E-state index is 0.0161. The maximum absolute atomic E-state index is 11.2. The van der Waals surface area contributed by atoms with Crippen molar-refractivity contribution in [2.75, 3.05) is 11.9 Å². The molecular weight excluding hydrogens is 216 g/mol. The molecule has 4 N–H and O–H groups in total. The molecule has 8 heteroatoms. The van der Waals surface area contributed by atoms with Gasteiger partial charge >= 0.3 is 11.9 Å². The van der Waals surface area contributed by atoms with Gasteiger partial charge in [-0.15, -0.1) is 0 Å². The van der Waals surface area contributed by atoms with E-state index < -0.39 is 17.8 Å². The lowest BCUT2D eigenvalue weighted by Gasteiger charge is -2.02. The van der Waals surface area contributed by atoms with Gasteiger partial charge in [0, 0.05) is 0 Å². The molecule has 1 heterocycles. The number of nitrogens with zero attached hydrogens (tertiary/aromatic N) is 1. The summed E-state index contributed by atoms with van der Waals surface area (Å²) in [7, 11) is 0. The van der Waals surface area contributed by atoms with E-state index in [2.05, 4.69) is 20.3 Å². The first-order valence-corrected chi connectivity index (χ1v) is 4.37. The highest BCUT2D eigenvalue weighted by Gasteiger charge is 2.19. The standard InChI is InChI=1S/C8H10N4O4/c1-2-16-8(15)7(14)11-6-4(5(9)13)3-10-12-6/h3H,2H2,1H3,(H2,9,13)(H2,10,11,12,14). The number of ether oxygens (including phenoxy) is 1. The van der Waals surface area contributed by atoms with Crippen LogP contribution in [0.3, 0.4) is 0 Å². The van der Waals surface area contributed by atoms with Gasteiger partial charge in [0.1, 0.15) is 11.4 Å². The quantitative estimate of drug-likeness (QED) is 0.450. The van der Waals surface area contributed by atoms with Gasteiger partial charge in [-0.25, -0.2) is 4.79 Å². The molecule has 16 heavy (non-hydrogen) atoms. The fraction of sp³-hybridized carbons (Fsp3) is 0.250. The molecular formula is C8H10N4O4. The second-order valence-corrected chi connectivity index (χ2v) is 2.70. The molecule has 0 aliphatic heterocycles. The predicted molar refractivity (Wildman–Crippen MR) is 52.4 cm³/mol. The molecule has 0 unspecified atom stereocenters. The lowest BCUT2D eigenvalue weighted by molar-refractivity contribution is -0.152. The van der Waals surface area contributed by atoms with Crippen molar-refractivity contribution in [3.63, 3.8) is 0 Å². The number of rotatable bonds is 3. The zero-order valence-corrected chi connectivity index (χ0v) is 8.44. The molecule has 1 aromatic heterocycles. The SMILES string of the molecule is CCOC(=O)C(=O)Nc1[nH]ncc1C(N)=O. The van der Waals surface area contributed by atoms with Crippen molar-refractivity contribution in [1.29, 1.82) is 0 Å². The summed E-state index contributed by atoms with van der Waals surface area (Å²) >= 11 is 0. The molecule has 0 radical (unpaired) electrons. The number of primary amides is 1. The van der Waals surface area contributed by atoms with Gasteiger partial charge in [0.25, 0.3) is 5.91 Å². The van der Waals surface area contributed by atoms with Crippen molar-refractivity contribution < 1.29 is 19.1 Å². The van der Waals surface area contributed by atoms with Crippen LogP contribution in [0.15, 0.2) is 6.20 Å². The van der Waals surface area contributed by atoms with Crippen LogP contribution in [-0.4, -0.2) is 34.6 Å². The monoisotopic (exact) mass is 226 g/mol. The summed E-state index contributed by atoms with van der Waals surface area (Å²) in [5, 5.41) is 7.96. The van der Waals surface area contributed by atoms with Crippen molar-refractivity contribution in [3.05, 3.63) is 11.8 Å². The molecule has 0 spiro atoms. The van der Waals surface area contributed by atoms with Crippen molar-refractivity contribution in [3.8, 4) is 0 Å². The van der Waals surface area contributed by atoms with Gasteiger partial charge < -0.3 is 15.8 Å². The maximum atomic E-state index is 11.2. The highest BCUT2D eigenvalue weighted by atomic mass is 16.5. The van der Waals surface area contributed by atoms with E-state index in [0.717, 1.165) is 6.20 Å². The average molecular weight is 226 g/mol. The highest BCUT2D eigenvalue weighted by Crippen LogP contribution is 2.09. The number of carbonyl (C=O) groups excluding carboxylic acids is 3. The van der Waals surface area contributed by atoms with Crippen molar-refractivity contribution in [2.24, 2.45) is 5.73 Å². The van der Waals surface area contributed by atoms with Crippen molar-refractivity contribution >= 4 is 23.6 Å². The summed E-state index contributed by atoms with van der Waals surface area (Å²) in [4.78, 5) is 33.0. The summed E-state index contributed by atoms with van der Waals surface area (Å²) in [6, 6.07) is 0. The third-order valence-electron chi connectivity index (χ3n) is 1.60. The largest absolute Gasteiger partial charge is 0.459 e. The normalized spacial score (nSPS) is 9.56. The van der Waals surface area contributed by atoms with Crippen LogP contribution in [0.25, 0.3) is 0 Å². The van der Waals surface area contributed by atoms with E-state index >= 15 is 0 Å². The number of hydrogen-bond donors (Lipinski definition) is 3. The van der Waals surface area contributed by atoms with E-state index in [1.54, 1.807) is 6.92 Å². The topological polar surface area (TPSA) is 127 Å². The number of nitrogens with two attached hydrogens (primary N) is 1. The van der Waals surface area contributed by atoms with E-state index in [1.165, 1.54) is 0 Å². The Morgan fingerprint density at radius 3 is 2.81 bits per heavy atom. The number of aromatic nitrogens is 2. The number of hydrogen-bond acceptors (Lipinski definition) is 5. The molecule has 2 amide bonds. The number of aromatic amines is 1. The molecule has 0 saturated carbocycles. The third kappa shape index (κ3) is 2.56. The Morgan fingerprint density at radius 1 is 1.56 bits per heavy atom. The van der Waals surface area contributed by atoms with E-state index in [9.17, 15) is 14.4 Å². The van der Waals surface area contributed by atoms with Gasteiger partial charge in [0.2, 0.25) is 0 Å². The summed E-state index contributed by atoms with van der Waals surface area (Å²) in [5.74, 6) is -2.86. The van der Waals surface area contributed by atoms with Crippen LogP contribution in [-0.2, 0) is 14.3 Å². The molecule has 0 atom stereocenters. The predicted octanol–water partition coefficient (Wildman–Crippen LogP) is -0.990. The zero-order valence-electron chi connectivity index (χ0n) is 8.44. The van der Waals surface area contributed by atoms with Gasteiger partial charge in [-0.3, -0.25) is 14.7 Å². The Hall–Kier alpha value is -2.38. The molecule has 0 bridgehead atoms. The molecule has 0 aliphatic carbocycles. The first-order chi connectivity index (χ1) is 7.56. The number of H-pyrrole nitrogens is 1. The van der Waals surface area contributed by atoms with Crippen LogP contribution >= 0.6 is 0 Å². The Bertz CT molecular complexity index is 425. The van der Waals surface area contributed by atoms with Crippen LogP contribution in [0.2, 0.25) is 0 Å². The van der Waals surface area contributed by atoms with Gasteiger partial charge in [0.05, 0.1) is 12.8 Å². The van der Waals surface area contributed by atoms with Gasteiger partial charge in [-0.05, 0) is 6.92 Å². The smallest absolute Gasteiger partial charge is 0.397 e. The molecule has 1 rings (SSSR count). The van der Waals surface area contributed by atoms with Crippen LogP contribution in [0.5, 0.6) is 0 Å². The van der Waals surface area contributed by atoms with Crippen LogP contribution < -0.4 is 11.1 Å². The van der Waals surface area contributed by atoms with Crippen LogP contribution in [0.4, 0.5) is 5.82 Å². The molecule has 0 aliphatic rings. The van der Waals surface area contributed by atoms with E-state index in [-0.39, 0.29) is 18.0 Å². The first kappa shape index (κ1) is 11.7. The van der Waals surface area contributed by atoms with E-state index in [1.807, 2.05) is 0 Å². The molecule has 0 fully saturated rings. The number of carbonyl (C=O) groups is 3. The fourth-order valence-electron chi connectivity index (χ4n) is 0.929. The Morgan fingerprint density at radius 2 is 2.25 bits per heavy atom. The summed E-state index contributed by atoms with van der Waals surface area (Å²) < 4.78 is 4.45. The lowest BCUT2D eigenvalue weighted by atomic mass is 10.3. The highest BCUT2D eigenvalue weighted by molar-refractivity contribution is 6.37. The second-order valence-electron chi connectivity index (χ2n) is 2.70. The minimum Gasteiger partial charge on any atom is -0.459 e. The number of esters is 1. The molecule has 86 valence electrons. The third-order valence-corrected chi connectivity index (χ3v) is 1.60. The molecule has 8 nitrogen and oxygen atoms in total. The fourth-order valence-corrected chi connectivity index (χ4v) is 0.929. The minimum atomic E-state index is -1.05. The Kier molecular flexibility index (Phi) is 3.59. The number of amides is 2. The van der Waals surface area contributed by atoms with Crippen molar-refractivity contribution in [1.82, 2.24) is 10.2 Å². The Labute approximate surface area is 90.1 Å². The molecule has 0 aromatic carbocycles.